The fourth-order valence-electron chi connectivity index (χ4n) is 1.31. The lowest BCUT2D eigenvalue weighted by Gasteiger charge is -2.00. The molecule has 0 aliphatic rings. The maximum absolute atomic E-state index is 12.4. The normalized spacial score (nSPS) is 12.1. The third-order valence-electron chi connectivity index (χ3n) is 2.03. The first kappa shape index (κ1) is 10.7. The second-order valence-electron chi connectivity index (χ2n) is 3.34. The molecule has 2 aromatic rings. The fourth-order valence-corrected chi connectivity index (χ4v) is 1.31. The van der Waals surface area contributed by atoms with E-state index in [0.29, 0.717) is 11.5 Å². The molecule has 0 spiro atoms. The van der Waals surface area contributed by atoms with Crippen LogP contribution in [0.15, 0.2) is 12.1 Å². The Morgan fingerprint density at radius 2 is 2.00 bits per heavy atom. The topological polar surface area (TPSA) is 35.6 Å². The van der Waals surface area contributed by atoms with Crippen LogP contribution in [0.5, 0.6) is 0 Å². The van der Waals surface area contributed by atoms with Crippen molar-refractivity contribution >= 4 is 0 Å². The van der Waals surface area contributed by atoms with Crippen molar-refractivity contribution in [1.29, 1.82) is 0 Å². The van der Waals surface area contributed by atoms with Gasteiger partial charge >= 0.3 is 6.18 Å². The molecule has 0 aliphatic carbocycles. The lowest BCUT2D eigenvalue weighted by molar-refractivity contribution is -0.141. The van der Waals surface area contributed by atoms with Crippen LogP contribution < -0.4 is 0 Å². The largest absolute Gasteiger partial charge is 0.435 e. The Hall–Kier alpha value is -1.79. The summed E-state index contributed by atoms with van der Waals surface area (Å²) in [6, 6.07) is 2.45. The molecule has 0 fully saturated rings. The maximum atomic E-state index is 12.4. The Morgan fingerprint density at radius 3 is 2.44 bits per heavy atom. The Labute approximate surface area is 89.3 Å². The van der Waals surface area contributed by atoms with E-state index in [9.17, 15) is 13.2 Å². The van der Waals surface area contributed by atoms with E-state index in [2.05, 4.69) is 16.4 Å². The Kier molecular flexibility index (Phi) is 2.25. The molecule has 16 heavy (non-hydrogen) atoms. The minimum absolute atomic E-state index is 0.315. The summed E-state index contributed by atoms with van der Waals surface area (Å²) in [7, 11) is 1.63. The summed E-state index contributed by atoms with van der Waals surface area (Å²) in [6.45, 7) is 1.54. The van der Waals surface area contributed by atoms with Gasteiger partial charge in [0.25, 0.3) is 0 Å². The van der Waals surface area contributed by atoms with Crippen LogP contribution in [0.4, 0.5) is 13.2 Å². The highest BCUT2D eigenvalue weighted by Crippen LogP contribution is 2.28. The van der Waals surface area contributed by atoms with Gasteiger partial charge in [0.1, 0.15) is 0 Å². The Morgan fingerprint density at radius 1 is 1.31 bits per heavy atom. The van der Waals surface area contributed by atoms with Crippen LogP contribution >= 0.6 is 0 Å². The van der Waals surface area contributed by atoms with Gasteiger partial charge in [-0.3, -0.25) is 4.68 Å². The van der Waals surface area contributed by atoms with Crippen LogP contribution in [0.3, 0.4) is 0 Å². The van der Waals surface area contributed by atoms with Crippen molar-refractivity contribution in [2.75, 3.05) is 0 Å². The monoisotopic (exact) mass is 229 g/mol. The average molecular weight is 229 g/mol. The van der Waals surface area contributed by atoms with E-state index >= 15 is 0 Å². The van der Waals surface area contributed by atoms with E-state index in [0.717, 1.165) is 10.7 Å². The molecular weight excluding hydrogens is 221 g/mol. The molecule has 7 heteroatoms. The summed E-state index contributed by atoms with van der Waals surface area (Å²) in [5.41, 5.74) is -0.546. The minimum Gasteiger partial charge on any atom is -0.264 e. The van der Waals surface area contributed by atoms with Crippen molar-refractivity contribution in [3.8, 4) is 5.82 Å². The van der Waals surface area contributed by atoms with Crippen molar-refractivity contribution in [2.45, 2.75) is 13.1 Å². The van der Waals surface area contributed by atoms with E-state index in [1.54, 1.807) is 7.05 Å². The summed E-state index contributed by atoms with van der Waals surface area (Å²) in [5, 5.41) is 7.39. The van der Waals surface area contributed by atoms with Gasteiger partial charge in [-0.1, -0.05) is 0 Å². The zero-order valence-corrected chi connectivity index (χ0v) is 8.58. The molecule has 2 heterocycles. The van der Waals surface area contributed by atoms with Crippen LogP contribution in [-0.2, 0) is 13.2 Å². The summed E-state index contributed by atoms with van der Waals surface area (Å²) < 4.78 is 39.7. The molecule has 4 nitrogen and oxygen atoms in total. The first-order valence-corrected chi connectivity index (χ1v) is 4.44. The molecule has 2 aromatic heterocycles. The second kappa shape index (κ2) is 3.36. The molecule has 0 bridgehead atoms. The summed E-state index contributed by atoms with van der Waals surface area (Å²) >= 11 is 0. The lowest BCUT2D eigenvalue weighted by Crippen LogP contribution is -2.07. The Bertz CT molecular complexity index is 509. The number of alkyl halides is 3. The van der Waals surface area contributed by atoms with Gasteiger partial charge in [0, 0.05) is 18.8 Å². The molecule has 0 amide bonds. The van der Waals surface area contributed by atoms with Crippen LogP contribution in [0.25, 0.3) is 5.82 Å². The first-order chi connectivity index (χ1) is 7.38. The standard InChI is InChI=1S/C9H8F3N4/c1-6-5-7(9(10,11)12)13-16(6)8-3-4-15(2)14-8/h3,5H,1-2H3. The molecule has 0 N–H and O–H groups in total. The van der Waals surface area contributed by atoms with E-state index < -0.39 is 11.9 Å². The fraction of sp³-hybridized carbons (Fsp3) is 0.333. The van der Waals surface area contributed by atoms with Crippen LogP contribution in [0.2, 0.25) is 0 Å². The van der Waals surface area contributed by atoms with Crippen LogP contribution in [-0.4, -0.2) is 19.6 Å². The van der Waals surface area contributed by atoms with E-state index in [1.807, 2.05) is 0 Å². The quantitative estimate of drug-likeness (QED) is 0.746. The van der Waals surface area contributed by atoms with E-state index in [4.69, 9.17) is 0 Å². The van der Waals surface area contributed by atoms with Crippen LogP contribution in [0, 0.1) is 13.1 Å². The Balaban J connectivity index is 2.47. The SMILES string of the molecule is Cc1cc(C(F)(F)F)nn1-c1c[c]n(C)n1. The van der Waals surface area contributed by atoms with Gasteiger partial charge in [-0.2, -0.15) is 23.4 Å². The minimum atomic E-state index is -4.44. The summed E-state index contributed by atoms with van der Waals surface area (Å²) in [5.74, 6) is 0.315. The van der Waals surface area contributed by atoms with Gasteiger partial charge in [-0.25, -0.2) is 4.68 Å². The van der Waals surface area contributed by atoms with E-state index in [1.165, 1.54) is 17.7 Å². The maximum Gasteiger partial charge on any atom is 0.435 e. The van der Waals surface area contributed by atoms with Gasteiger partial charge in [0.15, 0.2) is 11.5 Å². The number of aryl methyl sites for hydroxylation is 2. The molecule has 0 atom stereocenters. The van der Waals surface area contributed by atoms with Gasteiger partial charge in [0.05, 0.1) is 6.20 Å². The molecule has 0 saturated carbocycles. The molecular formula is C9H8F3N4. The van der Waals surface area contributed by atoms with Gasteiger partial charge in [0.2, 0.25) is 0 Å². The zero-order valence-electron chi connectivity index (χ0n) is 8.58. The van der Waals surface area contributed by atoms with Gasteiger partial charge in [-0.05, 0) is 13.0 Å². The zero-order chi connectivity index (χ0) is 11.9. The van der Waals surface area contributed by atoms with E-state index in [-0.39, 0.29) is 0 Å². The van der Waals surface area contributed by atoms with Crippen molar-refractivity contribution in [3.63, 3.8) is 0 Å². The predicted octanol–water partition coefficient (Wildman–Crippen LogP) is 1.73. The molecule has 85 valence electrons. The number of nitrogens with zero attached hydrogens (tertiary/aromatic N) is 4. The number of aromatic nitrogens is 4. The lowest BCUT2D eigenvalue weighted by atomic mass is 10.4. The molecule has 1 radical (unpaired) electrons. The summed E-state index contributed by atoms with van der Waals surface area (Å²) in [4.78, 5) is 0. The number of rotatable bonds is 1. The number of hydrogen-bond donors (Lipinski definition) is 0. The molecule has 0 unspecified atom stereocenters. The van der Waals surface area contributed by atoms with Crippen LogP contribution in [0.1, 0.15) is 11.4 Å². The summed E-state index contributed by atoms with van der Waals surface area (Å²) in [6.07, 6.45) is -1.73. The molecule has 0 saturated heterocycles. The second-order valence-corrected chi connectivity index (χ2v) is 3.34. The third-order valence-corrected chi connectivity index (χ3v) is 2.03. The van der Waals surface area contributed by atoms with Gasteiger partial charge < -0.3 is 0 Å². The highest BCUT2D eigenvalue weighted by molar-refractivity contribution is 5.24. The number of halogens is 3. The van der Waals surface area contributed by atoms with Crippen molar-refractivity contribution in [1.82, 2.24) is 19.6 Å². The molecule has 0 aliphatic heterocycles. The third kappa shape index (κ3) is 1.80. The number of hydrogen-bond acceptors (Lipinski definition) is 2. The highest BCUT2D eigenvalue weighted by atomic mass is 19.4. The van der Waals surface area contributed by atoms with Crippen molar-refractivity contribution in [3.05, 3.63) is 29.7 Å². The predicted molar refractivity (Wildman–Crippen MR) is 48.9 cm³/mol. The molecule has 0 aromatic carbocycles. The average Bonchev–Trinajstić information content (AvgIpc) is 2.70. The molecule has 2 rings (SSSR count). The first-order valence-electron chi connectivity index (χ1n) is 4.44. The van der Waals surface area contributed by atoms with Crippen molar-refractivity contribution < 1.29 is 13.2 Å². The smallest absolute Gasteiger partial charge is 0.264 e. The highest BCUT2D eigenvalue weighted by Gasteiger charge is 2.34. The van der Waals surface area contributed by atoms with Crippen molar-refractivity contribution in [2.24, 2.45) is 7.05 Å². The van der Waals surface area contributed by atoms with Gasteiger partial charge in [-0.15, -0.1) is 0 Å².